The second-order valence-corrected chi connectivity index (χ2v) is 12.2. The number of epoxide rings is 1. The van der Waals surface area contributed by atoms with Crippen LogP contribution in [0.5, 0.6) is 0 Å². The second-order valence-electron chi connectivity index (χ2n) is 11.1. The Morgan fingerprint density at radius 2 is 1.94 bits per heavy atom. The Morgan fingerprint density at radius 3 is 2.59 bits per heavy atom. The van der Waals surface area contributed by atoms with Crippen LogP contribution < -0.4 is 0 Å². The number of alkyl halides is 1. The maximum atomic E-state index is 15.7. The van der Waals surface area contributed by atoms with Crippen LogP contribution in [-0.2, 0) is 28.7 Å². The summed E-state index contributed by atoms with van der Waals surface area (Å²) in [5.74, 6) is -1.40. The van der Waals surface area contributed by atoms with Gasteiger partial charge in [0.1, 0.15) is 11.8 Å². The molecule has 0 aromatic carbocycles. The number of hydrogen-bond acceptors (Lipinski definition) is 7. The Kier molecular flexibility index (Phi) is 5.17. The van der Waals surface area contributed by atoms with Crippen LogP contribution in [-0.4, -0.2) is 45.5 Å². The van der Waals surface area contributed by atoms with Crippen LogP contribution in [0, 0.1) is 28.6 Å². The molecule has 0 N–H and O–H groups in total. The molecule has 4 aliphatic carbocycles. The Hall–Kier alpha value is -1.80. The Bertz CT molecular complexity index is 1070. The fourth-order valence-electron chi connectivity index (χ4n) is 8.11. The van der Waals surface area contributed by atoms with Crippen LogP contribution in [0.1, 0.15) is 60.3 Å². The Morgan fingerprint density at radius 1 is 1.24 bits per heavy atom. The number of carbonyl (C=O) groups excluding carboxylic acids is 4. The number of ether oxygens (including phenoxy) is 2. The average molecular weight is 491 g/mol. The fraction of sp³-hybridized carbons (Fsp3) is 0.692. The van der Waals surface area contributed by atoms with Crippen LogP contribution >= 0.6 is 11.8 Å². The van der Waals surface area contributed by atoms with E-state index in [-0.39, 0.29) is 47.6 Å². The van der Waals surface area contributed by atoms with E-state index >= 15 is 4.39 Å². The summed E-state index contributed by atoms with van der Waals surface area (Å²) in [7, 11) is 0. The monoisotopic (exact) mass is 490 g/mol. The van der Waals surface area contributed by atoms with Gasteiger partial charge in [0.15, 0.2) is 16.5 Å². The summed E-state index contributed by atoms with van der Waals surface area (Å²) in [5.41, 5.74) is -3.22. The van der Waals surface area contributed by atoms with Gasteiger partial charge in [-0.3, -0.25) is 19.2 Å². The molecule has 9 atom stereocenters. The quantitative estimate of drug-likeness (QED) is 0.434. The van der Waals surface area contributed by atoms with Crippen molar-refractivity contribution in [1.82, 2.24) is 0 Å². The SMILES string of the molecule is CCC(=O)O[C@]1(C(=O)SC(C)=O)[C@H](C)C[C@H]2C3C[C@H](F)C4=CC(=O)C=C[C@]4(C)[C@@]34O[C@@H]4C[C@@]21C. The molecule has 0 aromatic heterocycles. The molecule has 6 nitrogen and oxygen atoms in total. The zero-order valence-electron chi connectivity index (χ0n) is 20.2. The number of halogens is 1. The van der Waals surface area contributed by atoms with Gasteiger partial charge in [-0.05, 0) is 67.5 Å². The number of rotatable bonds is 3. The number of thioether (sulfide) groups is 1. The number of hydrogen-bond donors (Lipinski definition) is 0. The zero-order chi connectivity index (χ0) is 24.8. The second kappa shape index (κ2) is 7.36. The summed E-state index contributed by atoms with van der Waals surface area (Å²) in [6.07, 6.45) is 4.47. The first-order chi connectivity index (χ1) is 15.9. The van der Waals surface area contributed by atoms with E-state index in [9.17, 15) is 19.2 Å². The largest absolute Gasteiger partial charge is 0.449 e. The smallest absolute Gasteiger partial charge is 0.306 e. The Balaban J connectivity index is 1.62. The van der Waals surface area contributed by atoms with E-state index in [1.165, 1.54) is 19.1 Å². The molecule has 8 heteroatoms. The molecule has 0 amide bonds. The van der Waals surface area contributed by atoms with Crippen LogP contribution in [0.4, 0.5) is 4.39 Å². The lowest BCUT2D eigenvalue weighted by molar-refractivity contribution is -0.187. The van der Waals surface area contributed by atoms with Crippen LogP contribution in [0.15, 0.2) is 23.8 Å². The number of esters is 1. The summed E-state index contributed by atoms with van der Waals surface area (Å²) in [6, 6.07) is 0. The number of carbonyl (C=O) groups is 4. The standard InChI is InChI=1S/C26H31FO6S/c1-6-21(30)33-25(22(31)34-14(3)28)13(2)9-16-17-11-19(27)18-10-15(29)7-8-23(18,4)26(17)20(32-26)12-24(16,25)5/h7-8,10,13,16-17,19-20H,6,9,11-12H2,1-5H3/t13-,16+,17?,19+,20-,23+,24+,25+,26-/m1/s1. The highest BCUT2D eigenvalue weighted by atomic mass is 32.2. The highest BCUT2D eigenvalue weighted by Gasteiger charge is 2.84. The lowest BCUT2D eigenvalue weighted by atomic mass is 9.46. The van der Waals surface area contributed by atoms with Crippen molar-refractivity contribution in [3.63, 3.8) is 0 Å². The molecule has 1 saturated heterocycles. The third-order valence-electron chi connectivity index (χ3n) is 9.56. The van der Waals surface area contributed by atoms with E-state index in [1.54, 1.807) is 13.0 Å². The van der Waals surface area contributed by atoms with Crippen molar-refractivity contribution in [2.45, 2.75) is 83.8 Å². The average Bonchev–Trinajstić information content (AvgIpc) is 3.43. The predicted molar refractivity (Wildman–Crippen MR) is 123 cm³/mol. The van der Waals surface area contributed by atoms with Gasteiger partial charge in [-0.25, -0.2) is 4.39 Å². The van der Waals surface area contributed by atoms with Crippen molar-refractivity contribution in [2.24, 2.45) is 28.6 Å². The van der Waals surface area contributed by atoms with Gasteiger partial charge in [0.2, 0.25) is 5.12 Å². The van der Waals surface area contributed by atoms with Crippen molar-refractivity contribution < 1.29 is 33.0 Å². The molecule has 0 bridgehead atoms. The topological polar surface area (TPSA) is 90.0 Å². The van der Waals surface area contributed by atoms with Gasteiger partial charge in [0, 0.05) is 30.1 Å². The first-order valence-electron chi connectivity index (χ1n) is 12.1. The molecule has 0 aromatic rings. The molecular formula is C26H31FO6S. The number of allylic oxidation sites excluding steroid dienone is 2. The van der Waals surface area contributed by atoms with E-state index in [2.05, 4.69) is 0 Å². The number of ketones is 1. The van der Waals surface area contributed by atoms with Gasteiger partial charge >= 0.3 is 5.97 Å². The van der Waals surface area contributed by atoms with Gasteiger partial charge in [-0.15, -0.1) is 0 Å². The van der Waals surface area contributed by atoms with E-state index in [4.69, 9.17) is 9.47 Å². The predicted octanol–water partition coefficient (Wildman–Crippen LogP) is 4.12. The van der Waals surface area contributed by atoms with Crippen molar-refractivity contribution >= 4 is 33.7 Å². The lowest BCUT2D eigenvalue weighted by Gasteiger charge is -2.56. The van der Waals surface area contributed by atoms with E-state index < -0.39 is 39.3 Å². The van der Waals surface area contributed by atoms with Crippen LogP contribution in [0.3, 0.4) is 0 Å². The molecule has 1 spiro atoms. The molecule has 1 heterocycles. The Labute approximate surface area is 203 Å². The van der Waals surface area contributed by atoms with Crippen molar-refractivity contribution in [1.29, 1.82) is 0 Å². The van der Waals surface area contributed by atoms with E-state index in [0.29, 0.717) is 30.2 Å². The fourth-order valence-corrected chi connectivity index (χ4v) is 9.00. The molecule has 34 heavy (non-hydrogen) atoms. The minimum Gasteiger partial charge on any atom is -0.449 e. The summed E-state index contributed by atoms with van der Waals surface area (Å²) >= 11 is 0.594. The zero-order valence-corrected chi connectivity index (χ0v) is 21.0. The summed E-state index contributed by atoms with van der Waals surface area (Å²) in [6.45, 7) is 8.80. The molecule has 184 valence electrons. The maximum absolute atomic E-state index is 15.7. The van der Waals surface area contributed by atoms with Gasteiger partial charge in [-0.1, -0.05) is 26.8 Å². The minimum atomic E-state index is -1.49. The van der Waals surface area contributed by atoms with Crippen molar-refractivity contribution in [2.75, 3.05) is 0 Å². The van der Waals surface area contributed by atoms with Crippen molar-refractivity contribution in [3.05, 3.63) is 23.8 Å². The highest BCUT2D eigenvalue weighted by molar-refractivity contribution is 8.26. The molecule has 1 aliphatic heterocycles. The van der Waals surface area contributed by atoms with Crippen molar-refractivity contribution in [3.8, 4) is 0 Å². The van der Waals surface area contributed by atoms with E-state index in [0.717, 1.165) is 0 Å². The summed E-state index contributed by atoms with van der Waals surface area (Å²) < 4.78 is 28.1. The highest BCUT2D eigenvalue weighted by Crippen LogP contribution is 2.77. The normalized spacial score (nSPS) is 48.1. The molecular weight excluding hydrogens is 459 g/mol. The first-order valence-corrected chi connectivity index (χ1v) is 12.9. The minimum absolute atomic E-state index is 0.109. The molecule has 1 unspecified atom stereocenters. The summed E-state index contributed by atoms with van der Waals surface area (Å²) in [5, 5.41) is -0.806. The molecule has 0 radical (unpaired) electrons. The van der Waals surface area contributed by atoms with Gasteiger partial charge in [0.25, 0.3) is 0 Å². The van der Waals surface area contributed by atoms with E-state index in [1.807, 2.05) is 20.8 Å². The first kappa shape index (κ1) is 23.9. The van der Waals surface area contributed by atoms with Gasteiger partial charge in [0.05, 0.1) is 6.10 Å². The molecule has 5 aliphatic rings. The molecule has 4 fully saturated rings. The number of fused-ring (bicyclic) bond motifs is 3. The lowest BCUT2D eigenvalue weighted by Crippen LogP contribution is -2.63. The van der Waals surface area contributed by atoms with Crippen LogP contribution in [0.25, 0.3) is 0 Å². The third-order valence-corrected chi connectivity index (χ3v) is 10.3. The maximum Gasteiger partial charge on any atom is 0.306 e. The third kappa shape index (κ3) is 2.73. The molecule has 5 rings (SSSR count). The van der Waals surface area contributed by atoms with Gasteiger partial charge < -0.3 is 9.47 Å². The molecule has 3 saturated carbocycles. The summed E-state index contributed by atoms with van der Waals surface area (Å²) in [4.78, 5) is 50.3. The van der Waals surface area contributed by atoms with Gasteiger partial charge in [-0.2, -0.15) is 0 Å². The van der Waals surface area contributed by atoms with Crippen LogP contribution in [0.2, 0.25) is 0 Å².